The predicted molar refractivity (Wildman–Crippen MR) is 135 cm³/mol. The van der Waals surface area contributed by atoms with Gasteiger partial charge < -0.3 is 10.2 Å². The Morgan fingerprint density at radius 1 is 1.20 bits per heavy atom. The number of hydrogen-bond acceptors (Lipinski definition) is 5. The van der Waals surface area contributed by atoms with Gasteiger partial charge in [0.25, 0.3) is 11.5 Å². The fourth-order valence-corrected chi connectivity index (χ4v) is 4.27. The molecule has 1 fully saturated rings. The lowest BCUT2D eigenvalue weighted by Crippen LogP contribution is -2.37. The van der Waals surface area contributed by atoms with Crippen LogP contribution in [-0.2, 0) is 11.3 Å². The third-order valence-corrected chi connectivity index (χ3v) is 6.22. The van der Waals surface area contributed by atoms with E-state index < -0.39 is 17.2 Å². The maximum Gasteiger partial charge on any atom is 0.330 e. The van der Waals surface area contributed by atoms with Crippen LogP contribution >= 0.6 is 0 Å². The van der Waals surface area contributed by atoms with Crippen LogP contribution in [0.15, 0.2) is 33.9 Å². The number of nitrogens with one attached hydrogen (secondary N) is 2. The first-order valence-electron chi connectivity index (χ1n) is 11.9. The van der Waals surface area contributed by atoms with Crippen LogP contribution in [0.1, 0.15) is 59.8 Å². The number of amides is 2. The highest BCUT2D eigenvalue weighted by Gasteiger charge is 2.30. The van der Waals surface area contributed by atoms with E-state index in [0.29, 0.717) is 12.2 Å². The number of H-pyrrole nitrogens is 1. The molecule has 1 aliphatic carbocycles. The zero-order valence-corrected chi connectivity index (χ0v) is 20.8. The Morgan fingerprint density at radius 2 is 1.86 bits per heavy atom. The molecule has 9 nitrogen and oxygen atoms in total. The molecule has 9 heteroatoms. The van der Waals surface area contributed by atoms with Crippen LogP contribution in [0.3, 0.4) is 0 Å². The zero-order chi connectivity index (χ0) is 25.4. The van der Waals surface area contributed by atoms with Crippen molar-refractivity contribution >= 4 is 28.5 Å². The minimum absolute atomic E-state index is 0.0710. The van der Waals surface area contributed by atoms with Gasteiger partial charge in [0.05, 0.1) is 17.5 Å². The third-order valence-electron chi connectivity index (χ3n) is 6.22. The van der Waals surface area contributed by atoms with Gasteiger partial charge in [-0.25, -0.2) is 9.78 Å². The first-order chi connectivity index (χ1) is 16.6. The summed E-state index contributed by atoms with van der Waals surface area (Å²) in [6, 6.07) is 7.37. The molecule has 2 heterocycles. The molecule has 0 radical (unpaired) electrons. The molecule has 3 aromatic rings. The maximum absolute atomic E-state index is 13.5. The van der Waals surface area contributed by atoms with Crippen molar-refractivity contribution in [1.29, 1.82) is 0 Å². The zero-order valence-electron chi connectivity index (χ0n) is 20.8. The van der Waals surface area contributed by atoms with Gasteiger partial charge in [0, 0.05) is 30.9 Å². The summed E-state index contributed by atoms with van der Waals surface area (Å²) in [7, 11) is 1.52. The van der Waals surface area contributed by atoms with E-state index >= 15 is 0 Å². The number of aromatic nitrogens is 3. The van der Waals surface area contributed by atoms with Gasteiger partial charge in [0.15, 0.2) is 5.65 Å². The SMILES string of the molecule is Cc1cccc(C)c1NC(=O)CN(C)C(=O)c1cc(C2CC2)nc2c1c(=O)[nH]c(=O)n2CC(C)C. The van der Waals surface area contributed by atoms with Gasteiger partial charge >= 0.3 is 5.69 Å². The van der Waals surface area contributed by atoms with Gasteiger partial charge in [-0.05, 0) is 49.8 Å². The number of pyridine rings is 1. The minimum Gasteiger partial charge on any atom is -0.332 e. The molecule has 35 heavy (non-hydrogen) atoms. The van der Waals surface area contributed by atoms with E-state index in [1.807, 2.05) is 45.9 Å². The fraction of sp³-hybridized carbons (Fsp3) is 0.423. The summed E-state index contributed by atoms with van der Waals surface area (Å²) in [4.78, 5) is 60.0. The van der Waals surface area contributed by atoms with Crippen molar-refractivity contribution < 1.29 is 9.59 Å². The van der Waals surface area contributed by atoms with Crippen molar-refractivity contribution in [3.05, 3.63) is 67.5 Å². The van der Waals surface area contributed by atoms with E-state index in [2.05, 4.69) is 15.3 Å². The van der Waals surface area contributed by atoms with Gasteiger partial charge in [-0.3, -0.25) is 23.9 Å². The number of fused-ring (bicyclic) bond motifs is 1. The fourth-order valence-electron chi connectivity index (χ4n) is 4.27. The Labute approximate surface area is 203 Å². The Bertz CT molecular complexity index is 1410. The highest BCUT2D eigenvalue weighted by Crippen LogP contribution is 2.40. The van der Waals surface area contributed by atoms with Gasteiger partial charge in [-0.1, -0.05) is 32.0 Å². The number of carbonyl (C=O) groups excluding carboxylic acids is 2. The quantitative estimate of drug-likeness (QED) is 0.543. The van der Waals surface area contributed by atoms with E-state index in [1.165, 1.54) is 16.5 Å². The summed E-state index contributed by atoms with van der Waals surface area (Å²) in [6.45, 7) is 7.89. The van der Waals surface area contributed by atoms with Crippen LogP contribution in [-0.4, -0.2) is 44.8 Å². The summed E-state index contributed by atoms with van der Waals surface area (Å²) in [5.41, 5.74) is 2.43. The van der Waals surface area contributed by atoms with Crippen molar-refractivity contribution in [2.45, 2.75) is 53.0 Å². The van der Waals surface area contributed by atoms with Crippen molar-refractivity contribution in [2.75, 3.05) is 18.9 Å². The smallest absolute Gasteiger partial charge is 0.330 e. The first kappa shape index (κ1) is 24.4. The third kappa shape index (κ3) is 5.03. The van der Waals surface area contributed by atoms with E-state index in [9.17, 15) is 19.2 Å². The van der Waals surface area contributed by atoms with Gasteiger partial charge in [0.1, 0.15) is 0 Å². The lowest BCUT2D eigenvalue weighted by molar-refractivity contribution is -0.116. The highest BCUT2D eigenvalue weighted by molar-refractivity contribution is 6.07. The number of hydrogen-bond donors (Lipinski definition) is 2. The standard InChI is InChI=1S/C26H31N5O4/c1-14(2)12-31-23-21(24(33)29-26(31)35)18(11-19(27-23)17-9-10-17)25(34)30(5)13-20(32)28-22-15(3)7-6-8-16(22)4/h6-8,11,14,17H,9-10,12-13H2,1-5H3,(H,28,32)(H,29,33,35). The lowest BCUT2D eigenvalue weighted by atomic mass is 10.1. The molecule has 184 valence electrons. The van der Waals surface area contributed by atoms with Gasteiger partial charge in [-0.2, -0.15) is 0 Å². The number of nitrogens with zero attached hydrogens (tertiary/aromatic N) is 3. The van der Waals surface area contributed by atoms with Crippen molar-refractivity contribution in [2.24, 2.45) is 5.92 Å². The lowest BCUT2D eigenvalue weighted by Gasteiger charge is -2.20. The minimum atomic E-state index is -0.656. The number of aromatic amines is 1. The Hall–Kier alpha value is -3.75. The van der Waals surface area contributed by atoms with Gasteiger partial charge in [-0.15, -0.1) is 0 Å². The highest BCUT2D eigenvalue weighted by atomic mass is 16.2. The number of carbonyl (C=O) groups is 2. The maximum atomic E-state index is 13.5. The van der Waals surface area contributed by atoms with E-state index in [-0.39, 0.29) is 40.9 Å². The molecule has 0 aliphatic heterocycles. The van der Waals surface area contributed by atoms with Crippen LogP contribution < -0.4 is 16.6 Å². The van der Waals surface area contributed by atoms with Crippen LogP contribution in [0.4, 0.5) is 5.69 Å². The predicted octanol–water partition coefficient (Wildman–Crippen LogP) is 2.95. The Kier molecular flexibility index (Phi) is 6.60. The molecule has 1 aliphatic rings. The average Bonchev–Trinajstić information content (AvgIpc) is 3.63. The second-order valence-electron chi connectivity index (χ2n) is 9.81. The molecule has 0 atom stereocenters. The molecule has 4 rings (SSSR count). The monoisotopic (exact) mass is 477 g/mol. The van der Waals surface area contributed by atoms with E-state index in [0.717, 1.165) is 29.7 Å². The molecule has 2 amide bonds. The largest absolute Gasteiger partial charge is 0.332 e. The molecular formula is C26H31N5O4. The van der Waals surface area contributed by atoms with E-state index in [1.54, 1.807) is 6.07 Å². The average molecular weight is 478 g/mol. The summed E-state index contributed by atoms with van der Waals surface area (Å²) >= 11 is 0. The normalized spacial score (nSPS) is 13.3. The molecule has 1 aromatic carbocycles. The van der Waals surface area contributed by atoms with Crippen molar-refractivity contribution in [1.82, 2.24) is 19.4 Å². The van der Waals surface area contributed by atoms with Crippen LogP contribution in [0, 0.1) is 19.8 Å². The molecule has 0 saturated heterocycles. The number of aryl methyl sites for hydroxylation is 2. The van der Waals surface area contributed by atoms with Crippen LogP contribution in [0.2, 0.25) is 0 Å². The molecule has 1 saturated carbocycles. The number of rotatable bonds is 7. The molecule has 0 bridgehead atoms. The summed E-state index contributed by atoms with van der Waals surface area (Å²) in [5.74, 6) is -0.491. The molecule has 2 N–H and O–H groups in total. The number of benzene rings is 1. The molecule has 0 spiro atoms. The molecular weight excluding hydrogens is 446 g/mol. The number of anilines is 1. The summed E-state index contributed by atoms with van der Waals surface area (Å²) in [5, 5.41) is 2.95. The Balaban J connectivity index is 1.71. The second-order valence-corrected chi connectivity index (χ2v) is 9.81. The van der Waals surface area contributed by atoms with Crippen molar-refractivity contribution in [3.63, 3.8) is 0 Å². The van der Waals surface area contributed by atoms with Crippen molar-refractivity contribution in [3.8, 4) is 0 Å². The summed E-state index contributed by atoms with van der Waals surface area (Å²) in [6.07, 6.45) is 1.88. The second kappa shape index (κ2) is 9.48. The number of para-hydroxylation sites is 1. The molecule has 2 aromatic heterocycles. The molecule has 0 unspecified atom stereocenters. The van der Waals surface area contributed by atoms with E-state index in [4.69, 9.17) is 0 Å². The number of likely N-dealkylation sites (N-methyl/N-ethyl adjacent to an activating group) is 1. The Morgan fingerprint density at radius 3 is 2.46 bits per heavy atom. The first-order valence-corrected chi connectivity index (χ1v) is 11.9. The van der Waals surface area contributed by atoms with Crippen LogP contribution in [0.25, 0.3) is 11.0 Å². The van der Waals surface area contributed by atoms with Gasteiger partial charge in [0.2, 0.25) is 5.91 Å². The van der Waals surface area contributed by atoms with Crippen LogP contribution in [0.5, 0.6) is 0 Å². The summed E-state index contributed by atoms with van der Waals surface area (Å²) < 4.78 is 1.43. The topological polar surface area (TPSA) is 117 Å².